The van der Waals surface area contributed by atoms with Gasteiger partial charge in [-0.3, -0.25) is 14.5 Å². The van der Waals surface area contributed by atoms with E-state index in [9.17, 15) is 14.4 Å². The predicted octanol–water partition coefficient (Wildman–Crippen LogP) is 3.77. The molecule has 1 heterocycles. The molecule has 190 valence electrons. The Bertz CT molecular complexity index is 689. The summed E-state index contributed by atoms with van der Waals surface area (Å²) >= 11 is 0. The number of piperidine rings is 1. The molecule has 0 bridgehead atoms. The maximum atomic E-state index is 13.6. The highest BCUT2D eigenvalue weighted by Gasteiger charge is 2.36. The van der Waals surface area contributed by atoms with Gasteiger partial charge in [0.1, 0.15) is 6.04 Å². The second-order valence-electron chi connectivity index (χ2n) is 9.97. The number of hydrogen-bond acceptors (Lipinski definition) is 5. The number of nitrogens with zero attached hydrogens (tertiary/aromatic N) is 2. The molecular formula is C26H47N3O4. The van der Waals surface area contributed by atoms with E-state index in [1.807, 2.05) is 19.9 Å². The van der Waals surface area contributed by atoms with Gasteiger partial charge in [0.2, 0.25) is 11.8 Å². The molecule has 2 unspecified atom stereocenters. The summed E-state index contributed by atoms with van der Waals surface area (Å²) in [6.45, 7) is 17.0. The highest BCUT2D eigenvalue weighted by molar-refractivity contribution is 5.91. The molecule has 7 heteroatoms. The molecule has 1 N–H and O–H groups in total. The highest BCUT2D eigenvalue weighted by Crippen LogP contribution is 2.22. The fourth-order valence-corrected chi connectivity index (χ4v) is 4.45. The maximum absolute atomic E-state index is 13.6. The molecule has 33 heavy (non-hydrogen) atoms. The lowest BCUT2D eigenvalue weighted by Gasteiger charge is -2.39. The van der Waals surface area contributed by atoms with E-state index in [-0.39, 0.29) is 47.7 Å². The van der Waals surface area contributed by atoms with Crippen LogP contribution in [-0.2, 0) is 19.1 Å². The second-order valence-corrected chi connectivity index (χ2v) is 9.97. The fourth-order valence-electron chi connectivity index (χ4n) is 4.45. The van der Waals surface area contributed by atoms with E-state index in [0.29, 0.717) is 12.2 Å². The van der Waals surface area contributed by atoms with Gasteiger partial charge in [0.25, 0.3) is 0 Å². The Morgan fingerprint density at radius 3 is 2.27 bits per heavy atom. The Balaban J connectivity index is 3.10. The number of likely N-dealkylation sites (tertiary alicyclic amines) is 1. The van der Waals surface area contributed by atoms with Crippen molar-refractivity contribution in [2.75, 3.05) is 20.2 Å². The third-order valence-corrected chi connectivity index (χ3v) is 6.78. The molecule has 0 saturated carbocycles. The molecule has 1 saturated heterocycles. The third-order valence-electron chi connectivity index (χ3n) is 6.78. The minimum absolute atomic E-state index is 0.0623. The molecule has 1 rings (SSSR count). The first kappa shape index (κ1) is 29.1. The van der Waals surface area contributed by atoms with Crippen LogP contribution in [0, 0.1) is 11.8 Å². The summed E-state index contributed by atoms with van der Waals surface area (Å²) in [4.78, 5) is 43.0. The summed E-state index contributed by atoms with van der Waals surface area (Å²) in [6, 6.07) is -0.815. The smallest absolute Gasteiger partial charge is 0.333 e. The van der Waals surface area contributed by atoms with Crippen molar-refractivity contribution in [3.63, 3.8) is 0 Å². The molecule has 0 spiro atoms. The van der Waals surface area contributed by atoms with E-state index >= 15 is 0 Å². The number of ether oxygens (including phenoxy) is 1. The molecule has 0 aromatic rings. The number of amides is 2. The van der Waals surface area contributed by atoms with Crippen molar-refractivity contribution in [1.29, 1.82) is 0 Å². The van der Waals surface area contributed by atoms with Crippen LogP contribution in [0.5, 0.6) is 0 Å². The number of nitrogens with one attached hydrogen (secondary N) is 1. The molecule has 0 radical (unpaired) electrons. The highest BCUT2D eigenvalue weighted by atomic mass is 16.5. The lowest BCUT2D eigenvalue weighted by Crippen LogP contribution is -2.58. The predicted molar refractivity (Wildman–Crippen MR) is 133 cm³/mol. The van der Waals surface area contributed by atoms with Gasteiger partial charge >= 0.3 is 5.97 Å². The third kappa shape index (κ3) is 8.13. The Hall–Kier alpha value is -1.89. The van der Waals surface area contributed by atoms with E-state index in [1.54, 1.807) is 25.8 Å². The van der Waals surface area contributed by atoms with Crippen molar-refractivity contribution in [2.45, 2.75) is 105 Å². The van der Waals surface area contributed by atoms with Crippen molar-refractivity contribution >= 4 is 17.8 Å². The molecule has 0 aromatic carbocycles. The zero-order chi connectivity index (χ0) is 25.3. The minimum atomic E-state index is -0.624. The van der Waals surface area contributed by atoms with E-state index < -0.39 is 6.04 Å². The Kier molecular flexibility index (Phi) is 12.1. The second kappa shape index (κ2) is 13.7. The molecule has 7 nitrogen and oxygen atoms in total. The number of hydrogen-bond donors (Lipinski definition) is 1. The van der Waals surface area contributed by atoms with Crippen LogP contribution in [0.25, 0.3) is 0 Å². The average molecular weight is 466 g/mol. The topological polar surface area (TPSA) is 79.0 Å². The zero-order valence-corrected chi connectivity index (χ0v) is 22.3. The quantitative estimate of drug-likeness (QED) is 0.371. The van der Waals surface area contributed by atoms with Crippen molar-refractivity contribution < 1.29 is 19.1 Å². The van der Waals surface area contributed by atoms with Gasteiger partial charge in [-0.15, -0.1) is 0 Å². The van der Waals surface area contributed by atoms with E-state index in [0.717, 1.165) is 32.2 Å². The molecule has 1 aliphatic rings. The maximum Gasteiger partial charge on any atom is 0.333 e. The van der Waals surface area contributed by atoms with Gasteiger partial charge in [-0.25, -0.2) is 4.79 Å². The van der Waals surface area contributed by atoms with Crippen LogP contribution in [0.4, 0.5) is 0 Å². The number of rotatable bonds is 11. The van der Waals surface area contributed by atoms with Gasteiger partial charge in [-0.1, -0.05) is 46.6 Å². The fraction of sp³-hybridized carbons (Fsp3) is 0.808. The molecule has 0 aromatic heterocycles. The summed E-state index contributed by atoms with van der Waals surface area (Å²) in [5, 5.41) is 3.08. The van der Waals surface area contributed by atoms with Gasteiger partial charge in [-0.2, -0.15) is 0 Å². The first-order valence-electron chi connectivity index (χ1n) is 12.6. The van der Waals surface area contributed by atoms with Crippen molar-refractivity contribution in [3.8, 4) is 0 Å². The first-order chi connectivity index (χ1) is 15.5. The van der Waals surface area contributed by atoms with Gasteiger partial charge in [0, 0.05) is 18.7 Å². The van der Waals surface area contributed by atoms with Crippen molar-refractivity contribution in [1.82, 2.24) is 15.1 Å². The van der Waals surface area contributed by atoms with Gasteiger partial charge < -0.3 is 15.0 Å². The monoisotopic (exact) mass is 465 g/mol. The summed E-state index contributed by atoms with van der Waals surface area (Å²) in [7, 11) is 1.76. The van der Waals surface area contributed by atoms with E-state index in [4.69, 9.17) is 4.74 Å². The molecule has 2 amide bonds. The lowest BCUT2D eigenvalue weighted by molar-refractivity contribution is -0.140. The lowest BCUT2D eigenvalue weighted by atomic mass is 9.93. The van der Waals surface area contributed by atoms with Crippen molar-refractivity contribution in [2.24, 2.45) is 11.8 Å². The largest absolute Gasteiger partial charge is 0.463 e. The van der Waals surface area contributed by atoms with E-state index in [1.165, 1.54) is 0 Å². The van der Waals surface area contributed by atoms with Gasteiger partial charge in [-0.05, 0) is 58.9 Å². The number of carbonyl (C=O) groups is 3. The van der Waals surface area contributed by atoms with Crippen LogP contribution in [0.2, 0.25) is 0 Å². The number of likely N-dealkylation sites (N-methyl/N-ethyl adjacent to an activating group) is 1. The molecule has 0 aliphatic carbocycles. The SMILES string of the molecule is CCOC(=O)/C(C)=C/[C@H]([C@@H](C)CC)N(C)C(=O)C(NC(=O)C1CCCCN1C(C)C)C(C)C. The molecule has 1 aliphatic heterocycles. The van der Waals surface area contributed by atoms with Crippen LogP contribution < -0.4 is 5.32 Å². The van der Waals surface area contributed by atoms with Crippen LogP contribution in [0.1, 0.15) is 81.1 Å². The molecular weight excluding hydrogens is 418 g/mol. The minimum Gasteiger partial charge on any atom is -0.463 e. The first-order valence-corrected chi connectivity index (χ1v) is 12.6. The molecule has 1 fully saturated rings. The summed E-state index contributed by atoms with van der Waals surface area (Å²) in [5.41, 5.74) is 0.488. The van der Waals surface area contributed by atoms with Crippen LogP contribution >= 0.6 is 0 Å². The summed E-state index contributed by atoms with van der Waals surface area (Å²) in [6.07, 6.45) is 5.61. The Labute approximate surface area is 201 Å². The van der Waals surface area contributed by atoms with Gasteiger partial charge in [0.15, 0.2) is 0 Å². The van der Waals surface area contributed by atoms with Crippen LogP contribution in [0.3, 0.4) is 0 Å². The van der Waals surface area contributed by atoms with Crippen LogP contribution in [0.15, 0.2) is 11.6 Å². The molecule has 4 atom stereocenters. The Morgan fingerprint density at radius 1 is 1.12 bits per heavy atom. The van der Waals surface area contributed by atoms with Crippen molar-refractivity contribution in [3.05, 3.63) is 11.6 Å². The van der Waals surface area contributed by atoms with Gasteiger partial charge in [0.05, 0.1) is 18.7 Å². The Morgan fingerprint density at radius 2 is 1.76 bits per heavy atom. The van der Waals surface area contributed by atoms with E-state index in [2.05, 4.69) is 37.9 Å². The summed E-state index contributed by atoms with van der Waals surface area (Å²) in [5.74, 6) is -0.494. The number of carbonyl (C=O) groups excluding carboxylic acids is 3. The van der Waals surface area contributed by atoms with Crippen LogP contribution in [-0.4, -0.2) is 72.0 Å². The zero-order valence-electron chi connectivity index (χ0n) is 22.3. The standard InChI is InChI=1S/C26H47N3O4/c1-10-19(7)22(16-20(8)26(32)33-11-2)28(9)25(31)23(17(3)4)27-24(30)21-14-12-13-15-29(21)18(5)6/h16-19,21-23H,10-15H2,1-9H3,(H,27,30)/b20-16+/t19-,21?,22+,23?/m0/s1. The summed E-state index contributed by atoms with van der Waals surface area (Å²) < 4.78 is 5.12. The normalized spacial score (nSPS) is 20.3. The number of esters is 1. The average Bonchev–Trinajstić information content (AvgIpc) is 2.79.